The summed E-state index contributed by atoms with van der Waals surface area (Å²) in [4.78, 5) is 27.8. The van der Waals surface area contributed by atoms with Crippen LogP contribution in [0.1, 0.15) is 24.8 Å². The van der Waals surface area contributed by atoms with Crippen LogP contribution in [0.2, 0.25) is 0 Å². The van der Waals surface area contributed by atoms with Gasteiger partial charge < -0.3 is 16.4 Å². The first-order valence-electron chi connectivity index (χ1n) is 10.3. The van der Waals surface area contributed by atoms with Gasteiger partial charge in [-0.1, -0.05) is 30.3 Å². The van der Waals surface area contributed by atoms with Gasteiger partial charge in [-0.15, -0.1) is 11.6 Å². The van der Waals surface area contributed by atoms with Gasteiger partial charge >= 0.3 is 5.69 Å². The third kappa shape index (κ3) is 6.62. The lowest BCUT2D eigenvalue weighted by Crippen LogP contribution is -2.39. The Morgan fingerprint density at radius 3 is 2.67 bits per heavy atom. The Morgan fingerprint density at radius 2 is 1.94 bits per heavy atom. The Bertz CT molecular complexity index is 1120. The number of carbonyl (C=O) groups excluding carboxylic acids is 1. The van der Waals surface area contributed by atoms with Gasteiger partial charge in [0, 0.05) is 19.2 Å². The number of nitrogens with two attached hydrogens (primary N) is 1. The van der Waals surface area contributed by atoms with E-state index in [-0.39, 0.29) is 28.5 Å². The van der Waals surface area contributed by atoms with Crippen molar-refractivity contribution in [3.8, 4) is 0 Å². The maximum absolute atomic E-state index is 13.0. The summed E-state index contributed by atoms with van der Waals surface area (Å²) in [7, 11) is 0. The van der Waals surface area contributed by atoms with Crippen LogP contribution in [0.4, 0.5) is 11.4 Å². The summed E-state index contributed by atoms with van der Waals surface area (Å²) in [6.07, 6.45) is 1.88. The fraction of sp³-hybridized carbons (Fsp3) is 0.333. The lowest BCUT2D eigenvalue weighted by atomic mass is 10.1. The van der Waals surface area contributed by atoms with Gasteiger partial charge in [0.2, 0.25) is 11.4 Å². The Hall–Kier alpha value is -3.73. The Balaban J connectivity index is 1.72. The summed E-state index contributed by atoms with van der Waals surface area (Å²) in [5.74, 6) is 0.331. The first-order chi connectivity index (χ1) is 16.0. The number of benzene rings is 2. The average molecular weight is 474 g/mol. The van der Waals surface area contributed by atoms with Crippen LogP contribution in [0.5, 0.6) is 0 Å². The Labute approximate surface area is 194 Å². The molecule has 0 saturated carbocycles. The number of nitrogens with zero attached hydrogens (tertiary/aromatic N) is 4. The number of non-ortho nitro benzene ring substituents is 1. The average Bonchev–Trinajstić information content (AvgIpc) is 3.32. The second-order valence-corrected chi connectivity index (χ2v) is 7.52. The molecule has 1 aromatic heterocycles. The van der Waals surface area contributed by atoms with Crippen LogP contribution >= 0.6 is 11.6 Å². The first-order valence-corrected chi connectivity index (χ1v) is 10.9. The molecule has 1 atom stereocenters. The summed E-state index contributed by atoms with van der Waals surface area (Å²) in [5, 5.41) is 24.7. The number of carbonyl (C=O) groups is 1. The molecule has 0 saturated heterocycles. The molecule has 0 aliphatic heterocycles. The maximum Gasteiger partial charge on any atom is 0.300 e. The molecule has 12 heteroatoms. The number of aliphatic imine (C=N–C) groups is 1. The molecule has 0 fully saturated rings. The van der Waals surface area contributed by atoms with Crippen molar-refractivity contribution >= 4 is 45.8 Å². The number of nitro groups is 1. The molecule has 0 radical (unpaired) electrons. The molecule has 33 heavy (non-hydrogen) atoms. The van der Waals surface area contributed by atoms with Gasteiger partial charge in [0.1, 0.15) is 11.9 Å². The predicted octanol–water partition coefficient (Wildman–Crippen LogP) is 2.99. The van der Waals surface area contributed by atoms with Crippen molar-refractivity contribution in [3.05, 3.63) is 58.1 Å². The summed E-state index contributed by atoms with van der Waals surface area (Å²) >= 11 is 5.62. The molecule has 0 aliphatic rings. The summed E-state index contributed by atoms with van der Waals surface area (Å²) in [5.41, 5.74) is 6.97. The van der Waals surface area contributed by atoms with E-state index >= 15 is 0 Å². The summed E-state index contributed by atoms with van der Waals surface area (Å²) in [6.45, 7) is 0.876. The lowest BCUT2D eigenvalue weighted by molar-refractivity contribution is -0.383. The minimum absolute atomic E-state index is 0.0133. The van der Waals surface area contributed by atoms with Crippen LogP contribution in [0.15, 0.2) is 52.1 Å². The number of rotatable bonds is 12. The molecule has 3 aromatic rings. The second-order valence-electron chi connectivity index (χ2n) is 7.25. The van der Waals surface area contributed by atoms with Crippen LogP contribution in [0, 0.1) is 10.1 Å². The van der Waals surface area contributed by atoms with Crippen LogP contribution in [0.3, 0.4) is 0 Å². The van der Waals surface area contributed by atoms with E-state index in [1.807, 2.05) is 30.3 Å². The molecule has 0 spiro atoms. The van der Waals surface area contributed by atoms with Crippen molar-refractivity contribution in [2.24, 2.45) is 10.7 Å². The van der Waals surface area contributed by atoms with Gasteiger partial charge in [0.15, 0.2) is 5.52 Å². The molecule has 174 valence electrons. The number of alkyl halides is 1. The van der Waals surface area contributed by atoms with E-state index in [1.165, 1.54) is 12.1 Å². The predicted molar refractivity (Wildman–Crippen MR) is 125 cm³/mol. The van der Waals surface area contributed by atoms with Gasteiger partial charge in [-0.25, -0.2) is 4.63 Å². The van der Waals surface area contributed by atoms with Crippen molar-refractivity contribution in [1.29, 1.82) is 0 Å². The molecule has 0 bridgehead atoms. The van der Waals surface area contributed by atoms with Gasteiger partial charge in [-0.3, -0.25) is 19.9 Å². The third-order valence-electron chi connectivity index (χ3n) is 4.90. The number of anilines is 1. The van der Waals surface area contributed by atoms with Gasteiger partial charge in [0.25, 0.3) is 0 Å². The normalized spacial score (nSPS) is 12.5. The van der Waals surface area contributed by atoms with Crippen LogP contribution in [-0.4, -0.2) is 45.4 Å². The standard InChI is InChI=1S/C21H24ClN7O4/c22-12-18(23)24-11-5-4-8-16(21(30)25-13-14-6-2-1-3-7-14)26-15-9-10-17(29(31)32)20-19(15)27-33-28-20/h1-3,6-7,9-10,16,26H,4-5,8,11-13H2,(H2,23,24)(H,25,30)/t16-/m0/s1. The van der Waals surface area contributed by atoms with Crippen molar-refractivity contribution in [2.45, 2.75) is 31.8 Å². The van der Waals surface area contributed by atoms with E-state index in [0.29, 0.717) is 43.9 Å². The molecule has 0 unspecified atom stereocenters. The highest BCUT2D eigenvalue weighted by Crippen LogP contribution is 2.29. The van der Waals surface area contributed by atoms with E-state index in [4.69, 9.17) is 22.0 Å². The topological polar surface area (TPSA) is 162 Å². The maximum atomic E-state index is 13.0. The molecule has 11 nitrogen and oxygen atoms in total. The van der Waals surface area contributed by atoms with E-state index in [2.05, 4.69) is 25.9 Å². The summed E-state index contributed by atoms with van der Waals surface area (Å²) in [6, 6.07) is 11.7. The van der Waals surface area contributed by atoms with Crippen molar-refractivity contribution < 1.29 is 14.3 Å². The van der Waals surface area contributed by atoms with Gasteiger partial charge in [-0.05, 0) is 41.2 Å². The Morgan fingerprint density at radius 1 is 1.18 bits per heavy atom. The van der Waals surface area contributed by atoms with Crippen molar-refractivity contribution in [2.75, 3.05) is 17.7 Å². The number of amidine groups is 1. The van der Waals surface area contributed by atoms with Gasteiger partial charge in [-0.2, -0.15) is 0 Å². The number of nitro benzene ring substituents is 1. The van der Waals surface area contributed by atoms with Crippen LogP contribution < -0.4 is 16.4 Å². The number of aromatic nitrogens is 2. The second kappa shape index (κ2) is 11.8. The summed E-state index contributed by atoms with van der Waals surface area (Å²) < 4.78 is 4.71. The Kier molecular flexibility index (Phi) is 8.53. The minimum atomic E-state index is -0.621. The highest BCUT2D eigenvalue weighted by Gasteiger charge is 2.23. The van der Waals surface area contributed by atoms with Crippen molar-refractivity contribution in [1.82, 2.24) is 15.6 Å². The number of hydrogen-bond acceptors (Lipinski definition) is 8. The molecule has 0 aliphatic carbocycles. The van der Waals surface area contributed by atoms with E-state index in [9.17, 15) is 14.9 Å². The number of fused-ring (bicyclic) bond motifs is 1. The fourth-order valence-corrected chi connectivity index (χ4v) is 3.29. The monoisotopic (exact) mass is 473 g/mol. The first kappa shape index (κ1) is 23.9. The number of amides is 1. The molecular weight excluding hydrogens is 450 g/mol. The highest BCUT2D eigenvalue weighted by molar-refractivity contribution is 6.27. The zero-order valence-corrected chi connectivity index (χ0v) is 18.5. The van der Waals surface area contributed by atoms with Crippen molar-refractivity contribution in [3.63, 3.8) is 0 Å². The smallest absolute Gasteiger partial charge is 0.300 e. The fourth-order valence-electron chi connectivity index (χ4n) is 3.21. The van der Waals surface area contributed by atoms with Crippen LogP contribution in [-0.2, 0) is 11.3 Å². The zero-order chi connectivity index (χ0) is 23.6. The van der Waals surface area contributed by atoms with E-state index < -0.39 is 11.0 Å². The molecular formula is C21H24ClN7O4. The zero-order valence-electron chi connectivity index (χ0n) is 17.7. The largest absolute Gasteiger partial charge is 0.386 e. The minimum Gasteiger partial charge on any atom is -0.386 e. The molecule has 3 rings (SSSR count). The quantitative estimate of drug-likeness (QED) is 0.0902. The number of unbranched alkanes of at least 4 members (excludes halogenated alkanes) is 1. The number of hydrogen-bond donors (Lipinski definition) is 3. The SMILES string of the molecule is NC(CCl)=NCCCC[C@H](Nc1ccc([N+](=O)[O-])c2nonc12)C(=O)NCc1ccccc1. The van der Waals surface area contributed by atoms with E-state index in [0.717, 1.165) is 5.56 Å². The molecule has 2 aromatic carbocycles. The van der Waals surface area contributed by atoms with Crippen LogP contribution in [0.25, 0.3) is 11.0 Å². The molecule has 1 amide bonds. The number of nitrogens with one attached hydrogen (secondary N) is 2. The molecule has 1 heterocycles. The lowest BCUT2D eigenvalue weighted by Gasteiger charge is -2.19. The highest BCUT2D eigenvalue weighted by atomic mass is 35.5. The van der Waals surface area contributed by atoms with E-state index in [1.54, 1.807) is 0 Å². The number of halogens is 1. The van der Waals surface area contributed by atoms with Gasteiger partial charge in [0.05, 0.1) is 16.5 Å². The third-order valence-corrected chi connectivity index (χ3v) is 5.17. The molecule has 4 N–H and O–H groups in total.